The number of primary amides is 1. The molecule has 0 radical (unpaired) electrons. The zero-order valence-electron chi connectivity index (χ0n) is 16.3. The molecule has 3 aliphatic carbocycles. The minimum absolute atomic E-state index is 0.0812. The molecule has 0 spiro atoms. The monoisotopic (exact) mass is 421 g/mol. The van der Waals surface area contributed by atoms with E-state index in [1.807, 2.05) is 0 Å². The predicted molar refractivity (Wildman–Crippen MR) is 107 cm³/mol. The summed E-state index contributed by atoms with van der Waals surface area (Å²) in [5.41, 5.74) is 6.22. The van der Waals surface area contributed by atoms with Gasteiger partial charge in [0.05, 0.1) is 17.2 Å². The molecule has 1 amide bonds. The third-order valence-electron chi connectivity index (χ3n) is 6.50. The van der Waals surface area contributed by atoms with Crippen LogP contribution in [0.5, 0.6) is 5.75 Å². The first-order chi connectivity index (χ1) is 14.8. The van der Waals surface area contributed by atoms with Crippen molar-refractivity contribution in [2.45, 2.75) is 19.3 Å². The number of allylic oxidation sites excluding steroid dienone is 2. The Bertz CT molecular complexity index is 1220. The predicted octanol–water partition coefficient (Wildman–Crippen LogP) is 1.49. The molecule has 5 rings (SSSR count). The van der Waals surface area contributed by atoms with Gasteiger partial charge in [0.2, 0.25) is 0 Å². The average molecular weight is 421 g/mol. The molecule has 0 bridgehead atoms. The van der Waals surface area contributed by atoms with Crippen molar-refractivity contribution in [1.82, 2.24) is 9.78 Å². The molecule has 9 heteroatoms. The SMILES string of the molecule is NC(=O)C1=C(O)C2C(=O)C3=C(O)c4c(O)ccc(-n5cccn5)c4CC3CC2CC1=O. The van der Waals surface area contributed by atoms with E-state index in [-0.39, 0.29) is 29.1 Å². The van der Waals surface area contributed by atoms with Crippen molar-refractivity contribution in [3.8, 4) is 11.4 Å². The highest BCUT2D eigenvalue weighted by atomic mass is 16.3. The number of hydrogen-bond acceptors (Lipinski definition) is 7. The zero-order valence-corrected chi connectivity index (χ0v) is 16.3. The first-order valence-electron chi connectivity index (χ1n) is 9.88. The molecule has 158 valence electrons. The summed E-state index contributed by atoms with van der Waals surface area (Å²) in [6.07, 6.45) is 3.96. The summed E-state index contributed by atoms with van der Waals surface area (Å²) in [5, 5.41) is 36.3. The highest BCUT2D eigenvalue weighted by Gasteiger charge is 2.51. The van der Waals surface area contributed by atoms with E-state index in [2.05, 4.69) is 5.10 Å². The number of nitrogens with zero attached hydrogens (tertiary/aromatic N) is 2. The molecule has 9 nitrogen and oxygen atoms in total. The number of phenolic OH excluding ortho intramolecular Hbond substituents is 1. The number of aliphatic hydroxyl groups is 2. The molecule has 3 aliphatic rings. The van der Waals surface area contributed by atoms with Crippen LogP contribution in [-0.2, 0) is 20.8 Å². The van der Waals surface area contributed by atoms with Crippen LogP contribution in [0.1, 0.15) is 24.0 Å². The summed E-state index contributed by atoms with van der Waals surface area (Å²) in [6.45, 7) is 0. The lowest BCUT2D eigenvalue weighted by atomic mass is 9.61. The number of Topliss-reactive ketones (excluding diaryl/α,β-unsaturated/α-hetero) is 2. The van der Waals surface area contributed by atoms with Crippen molar-refractivity contribution in [2.75, 3.05) is 0 Å². The average Bonchev–Trinajstić information content (AvgIpc) is 3.21. The number of amides is 1. The van der Waals surface area contributed by atoms with E-state index in [1.54, 1.807) is 29.2 Å². The van der Waals surface area contributed by atoms with Crippen LogP contribution < -0.4 is 5.73 Å². The van der Waals surface area contributed by atoms with E-state index >= 15 is 0 Å². The molecule has 0 saturated heterocycles. The van der Waals surface area contributed by atoms with Crippen molar-refractivity contribution < 1.29 is 29.7 Å². The van der Waals surface area contributed by atoms with Gasteiger partial charge in [-0.1, -0.05) is 0 Å². The number of benzene rings is 1. The molecule has 5 N–H and O–H groups in total. The smallest absolute Gasteiger partial charge is 0.255 e. The van der Waals surface area contributed by atoms with Gasteiger partial charge in [-0.15, -0.1) is 0 Å². The van der Waals surface area contributed by atoms with Crippen LogP contribution in [0.2, 0.25) is 0 Å². The van der Waals surface area contributed by atoms with Gasteiger partial charge in [-0.25, -0.2) is 4.68 Å². The molecule has 1 aromatic heterocycles. The lowest BCUT2D eigenvalue weighted by Gasteiger charge is -2.41. The maximum atomic E-state index is 13.3. The molecule has 3 unspecified atom stereocenters. The maximum absolute atomic E-state index is 13.3. The van der Waals surface area contributed by atoms with E-state index in [0.29, 0.717) is 24.1 Å². The van der Waals surface area contributed by atoms with Crippen molar-refractivity contribution in [1.29, 1.82) is 0 Å². The van der Waals surface area contributed by atoms with Gasteiger partial charge in [-0.05, 0) is 48.4 Å². The number of phenols is 1. The van der Waals surface area contributed by atoms with Crippen molar-refractivity contribution in [3.05, 3.63) is 58.6 Å². The van der Waals surface area contributed by atoms with Gasteiger partial charge < -0.3 is 21.1 Å². The van der Waals surface area contributed by atoms with E-state index in [4.69, 9.17) is 5.73 Å². The number of nitrogens with two attached hydrogens (primary N) is 1. The first-order valence-corrected chi connectivity index (χ1v) is 9.88. The Morgan fingerprint density at radius 1 is 1.16 bits per heavy atom. The van der Waals surface area contributed by atoms with E-state index < -0.39 is 46.6 Å². The van der Waals surface area contributed by atoms with Crippen LogP contribution >= 0.6 is 0 Å². The summed E-state index contributed by atoms with van der Waals surface area (Å²) in [4.78, 5) is 37.3. The second-order valence-electron chi connectivity index (χ2n) is 8.16. The Morgan fingerprint density at radius 2 is 1.94 bits per heavy atom. The first kappa shape index (κ1) is 19.1. The van der Waals surface area contributed by atoms with Gasteiger partial charge in [0.15, 0.2) is 11.6 Å². The number of hydrogen-bond donors (Lipinski definition) is 4. The number of carbonyl (C=O) groups excluding carboxylic acids is 3. The molecular weight excluding hydrogens is 402 g/mol. The summed E-state index contributed by atoms with van der Waals surface area (Å²) in [7, 11) is 0. The molecule has 0 aliphatic heterocycles. The summed E-state index contributed by atoms with van der Waals surface area (Å²) < 4.78 is 1.61. The number of ketones is 2. The van der Waals surface area contributed by atoms with Crippen molar-refractivity contribution >= 4 is 23.2 Å². The minimum Gasteiger partial charge on any atom is -0.511 e. The number of aromatic hydroxyl groups is 1. The van der Waals surface area contributed by atoms with E-state index in [0.717, 1.165) is 0 Å². The van der Waals surface area contributed by atoms with Crippen LogP contribution in [0.25, 0.3) is 11.4 Å². The molecule has 2 aromatic rings. The third kappa shape index (κ3) is 2.62. The fourth-order valence-corrected chi connectivity index (χ4v) is 5.25. The Morgan fingerprint density at radius 3 is 2.61 bits per heavy atom. The van der Waals surface area contributed by atoms with Crippen molar-refractivity contribution in [3.63, 3.8) is 0 Å². The zero-order chi connectivity index (χ0) is 22.0. The van der Waals surface area contributed by atoms with Crippen LogP contribution in [0.3, 0.4) is 0 Å². The number of carbonyl (C=O) groups is 3. The largest absolute Gasteiger partial charge is 0.511 e. The molecule has 1 fully saturated rings. The molecule has 1 heterocycles. The Kier molecular flexibility index (Phi) is 4.04. The number of fused-ring (bicyclic) bond motifs is 3. The highest BCUT2D eigenvalue weighted by molar-refractivity contribution is 6.21. The Labute approximate surface area is 176 Å². The number of aromatic nitrogens is 2. The van der Waals surface area contributed by atoms with Gasteiger partial charge in [-0.3, -0.25) is 14.4 Å². The highest BCUT2D eigenvalue weighted by Crippen LogP contribution is 2.50. The van der Waals surface area contributed by atoms with Crippen LogP contribution in [0.4, 0.5) is 0 Å². The normalized spacial score (nSPS) is 25.2. The molecule has 1 aromatic carbocycles. The minimum atomic E-state index is -1.12. The van der Waals surface area contributed by atoms with Gasteiger partial charge in [0, 0.05) is 24.4 Å². The summed E-state index contributed by atoms with van der Waals surface area (Å²) in [6, 6.07) is 4.85. The van der Waals surface area contributed by atoms with E-state index in [1.165, 1.54) is 6.07 Å². The quantitative estimate of drug-likeness (QED) is 0.535. The maximum Gasteiger partial charge on any atom is 0.255 e. The Balaban J connectivity index is 1.68. The van der Waals surface area contributed by atoms with Crippen molar-refractivity contribution in [2.24, 2.45) is 23.5 Å². The standard InChI is InChI=1S/C22H19N3O6/c23-22(31)18-14(27)8-10-6-9-7-11-12(25-5-1-4-24-25)2-3-13(26)17(11)20(29)15(9)19(28)16(10)21(18)30/h1-5,9-10,16,26,29-30H,6-8H2,(H2,23,31). The van der Waals surface area contributed by atoms with E-state index in [9.17, 15) is 29.7 Å². The van der Waals surface area contributed by atoms with Gasteiger partial charge >= 0.3 is 0 Å². The molecular formula is C22H19N3O6. The summed E-state index contributed by atoms with van der Waals surface area (Å²) in [5.74, 6) is -5.41. The number of aliphatic hydroxyl groups excluding tert-OH is 2. The molecule has 3 atom stereocenters. The third-order valence-corrected chi connectivity index (χ3v) is 6.50. The lowest BCUT2D eigenvalue weighted by Crippen LogP contribution is -2.44. The second-order valence-corrected chi connectivity index (χ2v) is 8.16. The summed E-state index contributed by atoms with van der Waals surface area (Å²) >= 11 is 0. The van der Waals surface area contributed by atoms with Gasteiger partial charge in [-0.2, -0.15) is 5.10 Å². The van der Waals surface area contributed by atoms with Gasteiger partial charge in [0.1, 0.15) is 22.8 Å². The van der Waals surface area contributed by atoms with Crippen LogP contribution in [-0.4, -0.2) is 42.6 Å². The lowest BCUT2D eigenvalue weighted by molar-refractivity contribution is -0.127. The van der Waals surface area contributed by atoms with Crippen LogP contribution in [0.15, 0.2) is 47.5 Å². The van der Waals surface area contributed by atoms with Crippen LogP contribution in [0, 0.1) is 17.8 Å². The fraction of sp³-hybridized carbons (Fsp3) is 0.273. The van der Waals surface area contributed by atoms with Gasteiger partial charge in [0.25, 0.3) is 5.91 Å². The second kappa shape index (κ2) is 6.56. The Hall–Kier alpha value is -3.88. The molecule has 31 heavy (non-hydrogen) atoms. The topological polar surface area (TPSA) is 156 Å². The number of rotatable bonds is 2. The fourth-order valence-electron chi connectivity index (χ4n) is 5.25. The molecule has 1 saturated carbocycles.